The Bertz CT molecular complexity index is 1240. The average Bonchev–Trinajstić information content (AvgIpc) is 3.25. The summed E-state index contributed by atoms with van der Waals surface area (Å²) in [6, 6.07) is 13.4. The first-order chi connectivity index (χ1) is 15.7. The number of benzene rings is 2. The SMILES string of the molecule is O=C(Cc1ccc([N+](=O)[O-])cc1)NCCNC(=O)c1nc(CS(=O)(=O)c2ccccc2)no1. The fourth-order valence-electron chi connectivity index (χ4n) is 2.72. The van der Waals surface area contributed by atoms with E-state index >= 15 is 0 Å². The third-order valence-corrected chi connectivity index (χ3v) is 5.96. The number of non-ortho nitro benzene ring substituents is 1. The fraction of sp³-hybridized carbons (Fsp3) is 0.200. The van der Waals surface area contributed by atoms with Crippen LogP contribution in [0.4, 0.5) is 5.69 Å². The predicted molar refractivity (Wildman–Crippen MR) is 114 cm³/mol. The minimum Gasteiger partial charge on any atom is -0.354 e. The molecule has 2 amide bonds. The molecule has 2 N–H and O–H groups in total. The molecule has 3 rings (SSSR count). The summed E-state index contributed by atoms with van der Waals surface area (Å²) in [4.78, 5) is 38.1. The van der Waals surface area contributed by atoms with Gasteiger partial charge in [0.2, 0.25) is 5.91 Å². The van der Waals surface area contributed by atoms with Gasteiger partial charge in [-0.1, -0.05) is 35.5 Å². The van der Waals surface area contributed by atoms with Gasteiger partial charge in [0.1, 0.15) is 5.75 Å². The zero-order valence-corrected chi connectivity index (χ0v) is 17.9. The molecule has 1 aromatic heterocycles. The lowest BCUT2D eigenvalue weighted by atomic mass is 10.1. The molecule has 3 aromatic rings. The Balaban J connectivity index is 1.42. The van der Waals surface area contributed by atoms with Gasteiger partial charge in [-0.15, -0.1) is 0 Å². The Hall–Kier alpha value is -4.13. The van der Waals surface area contributed by atoms with Crippen LogP contribution in [0.5, 0.6) is 0 Å². The number of aromatic nitrogens is 2. The molecule has 0 radical (unpaired) electrons. The van der Waals surface area contributed by atoms with E-state index < -0.39 is 32.3 Å². The van der Waals surface area contributed by atoms with Gasteiger partial charge in [0.15, 0.2) is 15.7 Å². The first-order valence-corrected chi connectivity index (χ1v) is 11.3. The van der Waals surface area contributed by atoms with Crippen LogP contribution in [-0.2, 0) is 26.8 Å². The van der Waals surface area contributed by atoms with Gasteiger partial charge in [0.25, 0.3) is 5.69 Å². The van der Waals surface area contributed by atoms with Gasteiger partial charge in [-0.3, -0.25) is 19.7 Å². The molecule has 0 fully saturated rings. The van der Waals surface area contributed by atoms with Crippen LogP contribution < -0.4 is 10.6 Å². The quantitative estimate of drug-likeness (QED) is 0.248. The zero-order valence-electron chi connectivity index (χ0n) is 17.1. The van der Waals surface area contributed by atoms with Crippen molar-refractivity contribution in [1.29, 1.82) is 0 Å². The molecule has 0 saturated carbocycles. The summed E-state index contributed by atoms with van der Waals surface area (Å²) in [5.41, 5.74) is 0.537. The van der Waals surface area contributed by atoms with E-state index in [1.54, 1.807) is 18.2 Å². The molecule has 0 aliphatic carbocycles. The number of nitro groups is 1. The molecule has 1 heterocycles. The van der Waals surface area contributed by atoms with Gasteiger partial charge in [-0.05, 0) is 17.7 Å². The predicted octanol–water partition coefficient (Wildman–Crippen LogP) is 1.04. The summed E-state index contributed by atoms with van der Waals surface area (Å²) in [5.74, 6) is -2.11. The van der Waals surface area contributed by atoms with Crippen LogP contribution in [0.3, 0.4) is 0 Å². The molecule has 0 aliphatic rings. The number of carbonyl (C=O) groups is 2. The van der Waals surface area contributed by atoms with Gasteiger partial charge in [0, 0.05) is 25.2 Å². The van der Waals surface area contributed by atoms with Crippen molar-refractivity contribution in [1.82, 2.24) is 20.8 Å². The normalized spacial score (nSPS) is 11.0. The fourth-order valence-corrected chi connectivity index (χ4v) is 3.92. The van der Waals surface area contributed by atoms with Crippen molar-refractivity contribution in [2.75, 3.05) is 13.1 Å². The highest BCUT2D eigenvalue weighted by atomic mass is 32.2. The van der Waals surface area contributed by atoms with E-state index in [1.807, 2.05) is 0 Å². The molecule has 172 valence electrons. The Morgan fingerprint density at radius 1 is 1.00 bits per heavy atom. The molecule has 2 aromatic carbocycles. The Labute approximate surface area is 188 Å². The zero-order chi connectivity index (χ0) is 23.8. The second-order valence-corrected chi connectivity index (χ2v) is 8.78. The van der Waals surface area contributed by atoms with Crippen molar-refractivity contribution in [2.45, 2.75) is 17.1 Å². The maximum Gasteiger partial charge on any atom is 0.315 e. The highest BCUT2D eigenvalue weighted by Crippen LogP contribution is 2.14. The molecule has 0 atom stereocenters. The van der Waals surface area contributed by atoms with E-state index in [0.717, 1.165) is 0 Å². The molecule has 13 heteroatoms. The standard InChI is InChI=1S/C20H19N5O7S/c26-18(12-14-6-8-15(9-7-14)25(28)29)21-10-11-22-19(27)20-23-17(24-32-20)13-33(30,31)16-4-2-1-3-5-16/h1-9H,10-13H2,(H,21,26)(H,22,27). The summed E-state index contributed by atoms with van der Waals surface area (Å²) >= 11 is 0. The number of carbonyl (C=O) groups excluding carboxylic acids is 2. The van der Waals surface area contributed by atoms with Gasteiger partial charge in [-0.2, -0.15) is 4.98 Å². The Kier molecular flexibility index (Phi) is 7.46. The van der Waals surface area contributed by atoms with Crippen LogP contribution in [0.15, 0.2) is 64.0 Å². The van der Waals surface area contributed by atoms with E-state index in [4.69, 9.17) is 4.52 Å². The average molecular weight is 473 g/mol. The van der Waals surface area contributed by atoms with Crippen LogP contribution in [0.25, 0.3) is 0 Å². The maximum absolute atomic E-state index is 12.3. The summed E-state index contributed by atoms with van der Waals surface area (Å²) < 4.78 is 29.5. The second-order valence-electron chi connectivity index (χ2n) is 6.79. The Morgan fingerprint density at radius 3 is 2.33 bits per heavy atom. The van der Waals surface area contributed by atoms with Crippen LogP contribution in [0.2, 0.25) is 0 Å². The van der Waals surface area contributed by atoms with E-state index in [-0.39, 0.29) is 41.8 Å². The van der Waals surface area contributed by atoms with Crippen LogP contribution in [0.1, 0.15) is 22.1 Å². The van der Waals surface area contributed by atoms with Gasteiger partial charge in [-0.25, -0.2) is 8.42 Å². The third kappa shape index (κ3) is 6.67. The molecule has 0 saturated heterocycles. The molecule has 0 spiro atoms. The van der Waals surface area contributed by atoms with E-state index in [0.29, 0.717) is 5.56 Å². The number of amides is 2. The minimum absolute atomic E-state index is 0.0227. The monoisotopic (exact) mass is 473 g/mol. The highest BCUT2D eigenvalue weighted by Gasteiger charge is 2.21. The first kappa shape index (κ1) is 23.5. The highest BCUT2D eigenvalue weighted by molar-refractivity contribution is 7.90. The molecule has 0 aliphatic heterocycles. The smallest absolute Gasteiger partial charge is 0.315 e. The molecular weight excluding hydrogens is 454 g/mol. The summed E-state index contributed by atoms with van der Waals surface area (Å²) in [5, 5.41) is 19.2. The summed E-state index contributed by atoms with van der Waals surface area (Å²) in [6.45, 7) is 0.172. The molecule has 0 unspecified atom stereocenters. The van der Waals surface area contributed by atoms with Gasteiger partial charge < -0.3 is 15.2 Å². The van der Waals surface area contributed by atoms with E-state index in [2.05, 4.69) is 20.8 Å². The lowest BCUT2D eigenvalue weighted by molar-refractivity contribution is -0.384. The van der Waals surface area contributed by atoms with Crippen LogP contribution >= 0.6 is 0 Å². The van der Waals surface area contributed by atoms with Crippen molar-refractivity contribution in [2.24, 2.45) is 0 Å². The van der Waals surface area contributed by atoms with E-state index in [9.17, 15) is 28.1 Å². The second kappa shape index (κ2) is 10.5. The van der Waals surface area contributed by atoms with Crippen molar-refractivity contribution in [3.05, 3.63) is 82.0 Å². The van der Waals surface area contributed by atoms with Crippen molar-refractivity contribution >= 4 is 27.3 Å². The minimum atomic E-state index is -3.69. The maximum atomic E-state index is 12.3. The summed E-state index contributed by atoms with van der Waals surface area (Å²) in [6.07, 6.45) is 0.0227. The molecule has 33 heavy (non-hydrogen) atoms. The molecule has 0 bridgehead atoms. The van der Waals surface area contributed by atoms with Gasteiger partial charge >= 0.3 is 11.8 Å². The van der Waals surface area contributed by atoms with E-state index in [1.165, 1.54) is 36.4 Å². The number of hydrogen-bond acceptors (Lipinski definition) is 9. The third-order valence-electron chi connectivity index (χ3n) is 4.33. The molecule has 12 nitrogen and oxygen atoms in total. The number of nitrogens with one attached hydrogen (secondary N) is 2. The Morgan fingerprint density at radius 2 is 1.67 bits per heavy atom. The van der Waals surface area contributed by atoms with Crippen molar-refractivity contribution < 1.29 is 27.5 Å². The number of nitrogens with zero attached hydrogens (tertiary/aromatic N) is 3. The first-order valence-electron chi connectivity index (χ1n) is 9.63. The lowest BCUT2D eigenvalue weighted by Crippen LogP contribution is -2.35. The van der Waals surface area contributed by atoms with Crippen LogP contribution in [0, 0.1) is 10.1 Å². The number of rotatable bonds is 10. The van der Waals surface area contributed by atoms with Gasteiger partial charge in [0.05, 0.1) is 16.2 Å². The number of hydrogen-bond donors (Lipinski definition) is 2. The lowest BCUT2D eigenvalue weighted by Gasteiger charge is -2.06. The molecular formula is C20H19N5O7S. The summed E-state index contributed by atoms with van der Waals surface area (Å²) in [7, 11) is -3.69. The van der Waals surface area contributed by atoms with Crippen LogP contribution in [-0.4, -0.2) is 48.4 Å². The van der Waals surface area contributed by atoms with Crippen molar-refractivity contribution in [3.63, 3.8) is 0 Å². The number of sulfone groups is 1. The largest absolute Gasteiger partial charge is 0.354 e. The topological polar surface area (TPSA) is 174 Å². The van der Waals surface area contributed by atoms with Crippen molar-refractivity contribution in [3.8, 4) is 0 Å². The number of nitro benzene ring substituents is 1.